The predicted molar refractivity (Wildman–Crippen MR) is 64.3 cm³/mol. The second-order valence-corrected chi connectivity index (χ2v) is 5.73. The van der Waals surface area contributed by atoms with E-state index in [0.29, 0.717) is 11.3 Å². The van der Waals surface area contributed by atoms with Crippen molar-refractivity contribution in [2.75, 3.05) is 14.1 Å². The average Bonchev–Trinajstić information content (AvgIpc) is 2.45. The van der Waals surface area contributed by atoms with E-state index in [-0.39, 0.29) is 5.31 Å². The van der Waals surface area contributed by atoms with Crippen molar-refractivity contribution in [1.29, 1.82) is 0 Å². The topological polar surface area (TPSA) is 15.6 Å². The van der Waals surface area contributed by atoms with Crippen LogP contribution in [0.3, 0.4) is 0 Å². The van der Waals surface area contributed by atoms with Gasteiger partial charge in [-0.3, -0.25) is 4.99 Å². The van der Waals surface area contributed by atoms with Crippen molar-refractivity contribution in [2.24, 2.45) is 4.99 Å². The van der Waals surface area contributed by atoms with Crippen LogP contribution in [-0.4, -0.2) is 43.3 Å². The zero-order valence-corrected chi connectivity index (χ0v) is 9.97. The molecule has 0 N–H and O–H groups in total. The standard InChI is InChI=1S/C10H17BN2S/c1-10(11)6-4-5-7-8(10)14-9(12-2)13(7)3/h7-8H,4-6H2,1-3H3. The third-order valence-corrected chi connectivity index (χ3v) is 5.23. The van der Waals surface area contributed by atoms with Crippen LogP contribution in [0.1, 0.15) is 26.2 Å². The third-order valence-electron chi connectivity index (χ3n) is 3.44. The third kappa shape index (κ3) is 1.48. The maximum Gasteiger partial charge on any atom is 0.159 e. The molecule has 2 radical (unpaired) electrons. The monoisotopic (exact) mass is 208 g/mol. The molecule has 0 aromatic carbocycles. The van der Waals surface area contributed by atoms with E-state index < -0.39 is 0 Å². The molecule has 2 aliphatic rings. The van der Waals surface area contributed by atoms with Gasteiger partial charge >= 0.3 is 0 Å². The zero-order chi connectivity index (χ0) is 10.3. The van der Waals surface area contributed by atoms with Crippen LogP contribution in [0.2, 0.25) is 5.31 Å². The van der Waals surface area contributed by atoms with E-state index in [0.717, 1.165) is 11.6 Å². The van der Waals surface area contributed by atoms with E-state index in [4.69, 9.17) is 7.85 Å². The molecule has 1 aliphatic carbocycles. The van der Waals surface area contributed by atoms with Gasteiger partial charge in [0.25, 0.3) is 0 Å². The lowest BCUT2D eigenvalue weighted by Crippen LogP contribution is -2.42. The molecule has 4 heteroatoms. The van der Waals surface area contributed by atoms with Crippen molar-refractivity contribution in [3.63, 3.8) is 0 Å². The summed E-state index contributed by atoms with van der Waals surface area (Å²) in [6.45, 7) is 2.18. The summed E-state index contributed by atoms with van der Waals surface area (Å²) in [6, 6.07) is 0.599. The summed E-state index contributed by atoms with van der Waals surface area (Å²) in [6.07, 6.45) is 3.65. The lowest BCUT2D eigenvalue weighted by molar-refractivity contribution is 0.265. The number of aliphatic imine (C=N–C) groups is 1. The molecule has 0 aromatic heterocycles. The van der Waals surface area contributed by atoms with Gasteiger partial charge in [0.05, 0.1) is 7.85 Å². The molecule has 1 saturated heterocycles. The predicted octanol–water partition coefficient (Wildman–Crippen LogP) is 1.92. The van der Waals surface area contributed by atoms with Gasteiger partial charge in [-0.15, -0.1) is 0 Å². The zero-order valence-electron chi connectivity index (χ0n) is 9.16. The van der Waals surface area contributed by atoms with Gasteiger partial charge in [-0.2, -0.15) is 0 Å². The van der Waals surface area contributed by atoms with Crippen LogP contribution in [-0.2, 0) is 0 Å². The molecule has 0 amide bonds. The maximum atomic E-state index is 6.34. The van der Waals surface area contributed by atoms with E-state index >= 15 is 0 Å². The molecule has 2 fully saturated rings. The highest BCUT2D eigenvalue weighted by Crippen LogP contribution is 2.51. The molecule has 14 heavy (non-hydrogen) atoms. The van der Waals surface area contributed by atoms with Crippen molar-refractivity contribution >= 4 is 24.8 Å². The van der Waals surface area contributed by atoms with Crippen LogP contribution in [0, 0.1) is 0 Å². The van der Waals surface area contributed by atoms with Gasteiger partial charge in [0, 0.05) is 25.4 Å². The number of nitrogens with zero attached hydrogens (tertiary/aromatic N) is 2. The lowest BCUT2D eigenvalue weighted by atomic mass is 9.60. The highest BCUT2D eigenvalue weighted by atomic mass is 32.2. The smallest absolute Gasteiger partial charge is 0.159 e. The molecule has 0 bridgehead atoms. The van der Waals surface area contributed by atoms with E-state index in [1.54, 1.807) is 0 Å². The van der Waals surface area contributed by atoms with E-state index in [2.05, 4.69) is 23.9 Å². The summed E-state index contributed by atoms with van der Waals surface area (Å²) in [5.41, 5.74) is 0. The van der Waals surface area contributed by atoms with Crippen molar-refractivity contribution in [3.05, 3.63) is 0 Å². The summed E-state index contributed by atoms with van der Waals surface area (Å²) in [5.74, 6) is 0. The Labute approximate surface area is 91.9 Å². The molecule has 3 atom stereocenters. The van der Waals surface area contributed by atoms with Gasteiger partial charge < -0.3 is 4.90 Å². The second kappa shape index (κ2) is 3.48. The van der Waals surface area contributed by atoms with Crippen LogP contribution in [0.5, 0.6) is 0 Å². The Bertz CT molecular complexity index is 265. The number of amidine groups is 1. The van der Waals surface area contributed by atoms with E-state index in [1.807, 2.05) is 18.8 Å². The van der Waals surface area contributed by atoms with Crippen molar-refractivity contribution in [2.45, 2.75) is 42.8 Å². The average molecular weight is 208 g/mol. The van der Waals surface area contributed by atoms with Gasteiger partial charge in [0.15, 0.2) is 5.17 Å². The molecule has 1 aliphatic heterocycles. The molecule has 0 aromatic rings. The highest BCUT2D eigenvalue weighted by Gasteiger charge is 2.46. The Balaban J connectivity index is 2.25. The fraction of sp³-hybridized carbons (Fsp3) is 0.900. The first-order chi connectivity index (χ1) is 6.56. The first-order valence-corrected chi connectivity index (χ1v) is 6.09. The summed E-state index contributed by atoms with van der Waals surface area (Å²) in [4.78, 5) is 6.61. The Morgan fingerprint density at radius 2 is 2.36 bits per heavy atom. The highest BCUT2D eigenvalue weighted by molar-refractivity contribution is 8.14. The van der Waals surface area contributed by atoms with Crippen LogP contribution < -0.4 is 0 Å². The lowest BCUT2D eigenvalue weighted by Gasteiger charge is -2.41. The van der Waals surface area contributed by atoms with Crippen LogP contribution in [0.25, 0.3) is 0 Å². The first kappa shape index (κ1) is 10.4. The maximum absolute atomic E-state index is 6.34. The Hall–Kier alpha value is -0.115. The van der Waals surface area contributed by atoms with Crippen LogP contribution in [0.15, 0.2) is 4.99 Å². The van der Waals surface area contributed by atoms with Crippen molar-refractivity contribution in [1.82, 2.24) is 4.90 Å². The number of fused-ring (bicyclic) bond motifs is 1. The van der Waals surface area contributed by atoms with Gasteiger partial charge in [-0.1, -0.05) is 36.8 Å². The minimum absolute atomic E-state index is 0.0196. The molecule has 2 nitrogen and oxygen atoms in total. The fourth-order valence-electron chi connectivity index (χ4n) is 2.58. The molecular formula is C10H17BN2S. The van der Waals surface area contributed by atoms with Crippen LogP contribution >= 0.6 is 11.8 Å². The minimum Gasteiger partial charge on any atom is -0.350 e. The Morgan fingerprint density at radius 1 is 1.64 bits per heavy atom. The molecule has 3 unspecified atom stereocenters. The van der Waals surface area contributed by atoms with Gasteiger partial charge in [0.2, 0.25) is 0 Å². The SMILES string of the molecule is [B]C1(C)CCCC2C1SC(=NC)N2C. The number of hydrogen-bond acceptors (Lipinski definition) is 2. The second-order valence-electron chi connectivity index (χ2n) is 4.62. The summed E-state index contributed by atoms with van der Waals surface area (Å²) in [7, 11) is 10.3. The number of thioether (sulfide) groups is 1. The summed E-state index contributed by atoms with van der Waals surface area (Å²) < 4.78 is 0. The van der Waals surface area contributed by atoms with Gasteiger partial charge in [-0.05, 0) is 6.42 Å². The summed E-state index contributed by atoms with van der Waals surface area (Å²) >= 11 is 1.86. The largest absolute Gasteiger partial charge is 0.350 e. The van der Waals surface area contributed by atoms with Gasteiger partial charge in [0.1, 0.15) is 0 Å². The van der Waals surface area contributed by atoms with E-state index in [9.17, 15) is 0 Å². The molecule has 76 valence electrons. The quantitative estimate of drug-likeness (QED) is 0.565. The Kier molecular flexibility index (Phi) is 2.58. The summed E-state index contributed by atoms with van der Waals surface area (Å²) in [5, 5.41) is 1.66. The van der Waals surface area contributed by atoms with Crippen LogP contribution in [0.4, 0.5) is 0 Å². The molecule has 1 heterocycles. The normalized spacial score (nSPS) is 45.6. The molecular weight excluding hydrogens is 191 g/mol. The van der Waals surface area contributed by atoms with Crippen molar-refractivity contribution in [3.8, 4) is 0 Å². The first-order valence-electron chi connectivity index (χ1n) is 5.21. The molecule has 2 rings (SSSR count). The fourth-order valence-corrected chi connectivity index (χ4v) is 4.08. The van der Waals surface area contributed by atoms with E-state index in [1.165, 1.54) is 12.8 Å². The van der Waals surface area contributed by atoms with Crippen molar-refractivity contribution < 1.29 is 0 Å². The number of rotatable bonds is 0. The minimum atomic E-state index is -0.0196. The van der Waals surface area contributed by atoms with Gasteiger partial charge in [-0.25, -0.2) is 0 Å². The number of hydrogen-bond donors (Lipinski definition) is 0. The molecule has 0 spiro atoms. The Morgan fingerprint density at radius 3 is 2.93 bits per heavy atom. The molecule has 1 saturated carbocycles.